The van der Waals surface area contributed by atoms with Crippen molar-refractivity contribution in [3.8, 4) is 0 Å². The van der Waals surface area contributed by atoms with Crippen LogP contribution in [0.5, 0.6) is 0 Å². The summed E-state index contributed by atoms with van der Waals surface area (Å²) in [6.45, 7) is 5.47. The molecule has 136 valence electrons. The van der Waals surface area contributed by atoms with Crippen molar-refractivity contribution < 1.29 is 4.42 Å². The van der Waals surface area contributed by atoms with Crippen LogP contribution in [0.3, 0.4) is 0 Å². The third-order valence-corrected chi connectivity index (χ3v) is 5.80. The fraction of sp³-hybridized carbons (Fsp3) is 0.250. The first-order valence-electron chi connectivity index (χ1n) is 9.73. The Kier molecular flexibility index (Phi) is 4.10. The lowest BCUT2D eigenvalue weighted by molar-refractivity contribution is 0.287. The van der Waals surface area contributed by atoms with Crippen LogP contribution in [0.2, 0.25) is 0 Å². The Hall–Kier alpha value is -2.78. The summed E-state index contributed by atoms with van der Waals surface area (Å²) in [6, 6.07) is 16.9. The van der Waals surface area contributed by atoms with Gasteiger partial charge in [-0.15, -0.1) is 0 Å². The molecule has 0 spiro atoms. The predicted molar refractivity (Wildman–Crippen MR) is 112 cm³/mol. The number of hydrogen-bond donors (Lipinski definition) is 1. The number of aromatic nitrogens is 1. The molecule has 1 unspecified atom stereocenters. The zero-order valence-corrected chi connectivity index (χ0v) is 15.6. The molecule has 1 N–H and O–H groups in total. The molecule has 1 atom stereocenters. The van der Waals surface area contributed by atoms with E-state index in [0.29, 0.717) is 5.92 Å². The molecule has 0 saturated carbocycles. The zero-order valence-electron chi connectivity index (χ0n) is 15.6. The summed E-state index contributed by atoms with van der Waals surface area (Å²) in [4.78, 5) is 5.95. The molecule has 2 aromatic heterocycles. The van der Waals surface area contributed by atoms with Gasteiger partial charge < -0.3 is 9.40 Å². The maximum Gasteiger partial charge on any atom is 0.134 e. The predicted octanol–water partition coefficient (Wildman–Crippen LogP) is 5.81. The Morgan fingerprint density at radius 1 is 1.07 bits per heavy atom. The van der Waals surface area contributed by atoms with E-state index in [1.165, 1.54) is 33.0 Å². The number of furan rings is 1. The van der Waals surface area contributed by atoms with Crippen LogP contribution in [0.4, 0.5) is 0 Å². The number of benzene rings is 2. The van der Waals surface area contributed by atoms with Crippen LogP contribution < -0.4 is 0 Å². The zero-order chi connectivity index (χ0) is 18.2. The van der Waals surface area contributed by atoms with E-state index < -0.39 is 0 Å². The van der Waals surface area contributed by atoms with Crippen LogP contribution in [0.25, 0.3) is 27.4 Å². The molecule has 0 amide bonds. The van der Waals surface area contributed by atoms with E-state index in [9.17, 15) is 0 Å². The summed E-state index contributed by atoms with van der Waals surface area (Å²) >= 11 is 0. The second-order valence-corrected chi connectivity index (χ2v) is 7.58. The number of nitrogens with one attached hydrogen (secondary N) is 1. The van der Waals surface area contributed by atoms with Gasteiger partial charge in [0.25, 0.3) is 0 Å². The summed E-state index contributed by atoms with van der Waals surface area (Å²) in [6.07, 6.45) is 7.60. The highest BCUT2D eigenvalue weighted by atomic mass is 16.3. The maximum absolute atomic E-state index is 5.73. The molecule has 0 radical (unpaired) electrons. The smallest absolute Gasteiger partial charge is 0.134 e. The minimum atomic E-state index is 0.455. The number of hydrogen-bond acceptors (Lipinski definition) is 2. The molecule has 1 aliphatic heterocycles. The molecular weight excluding hydrogens is 332 g/mol. The van der Waals surface area contributed by atoms with E-state index in [4.69, 9.17) is 4.42 Å². The van der Waals surface area contributed by atoms with E-state index in [1.807, 2.05) is 18.4 Å². The molecule has 2 aromatic carbocycles. The number of nitrogens with zero attached hydrogens (tertiary/aromatic N) is 1. The SMILES string of the molecule is CC(CN1CC=C(c2c[nH]c3ccccc23)CC1)c1coc2ccccc12. The number of para-hydroxylation sites is 2. The molecule has 1 aliphatic rings. The first-order valence-corrected chi connectivity index (χ1v) is 9.73. The van der Waals surface area contributed by atoms with Crippen molar-refractivity contribution in [1.29, 1.82) is 0 Å². The van der Waals surface area contributed by atoms with Crippen molar-refractivity contribution in [1.82, 2.24) is 9.88 Å². The van der Waals surface area contributed by atoms with Gasteiger partial charge in [-0.25, -0.2) is 0 Å². The normalized spacial score (nSPS) is 16.7. The van der Waals surface area contributed by atoms with Gasteiger partial charge in [-0.1, -0.05) is 49.4 Å². The highest BCUT2D eigenvalue weighted by Crippen LogP contribution is 2.31. The van der Waals surface area contributed by atoms with Crippen molar-refractivity contribution in [3.05, 3.63) is 78.2 Å². The number of fused-ring (bicyclic) bond motifs is 2. The quantitative estimate of drug-likeness (QED) is 0.501. The first kappa shape index (κ1) is 16.4. The van der Waals surface area contributed by atoms with Gasteiger partial charge in [0.2, 0.25) is 0 Å². The van der Waals surface area contributed by atoms with Gasteiger partial charge in [0, 0.05) is 53.2 Å². The van der Waals surface area contributed by atoms with Crippen molar-refractivity contribution in [2.24, 2.45) is 0 Å². The first-order chi connectivity index (χ1) is 13.3. The van der Waals surface area contributed by atoms with Crippen LogP contribution in [0.15, 0.2) is 71.5 Å². The minimum Gasteiger partial charge on any atom is -0.464 e. The van der Waals surface area contributed by atoms with E-state index in [0.717, 1.165) is 31.6 Å². The lowest BCUT2D eigenvalue weighted by atomic mass is 9.96. The van der Waals surface area contributed by atoms with E-state index in [1.54, 1.807) is 0 Å². The highest BCUT2D eigenvalue weighted by molar-refractivity contribution is 5.92. The molecule has 27 heavy (non-hydrogen) atoms. The molecular formula is C24H24N2O. The van der Waals surface area contributed by atoms with Crippen LogP contribution in [-0.2, 0) is 0 Å². The Morgan fingerprint density at radius 2 is 1.89 bits per heavy atom. The molecule has 0 bridgehead atoms. The molecule has 3 nitrogen and oxygen atoms in total. The van der Waals surface area contributed by atoms with Gasteiger partial charge >= 0.3 is 0 Å². The standard InChI is InChI=1S/C24H24N2O/c1-17(22-16-27-24-9-5-3-7-20(22)24)15-26-12-10-18(11-13-26)21-14-25-23-8-4-2-6-19(21)23/h2-10,14,16-17,25H,11-13,15H2,1H3. The average molecular weight is 356 g/mol. The second-order valence-electron chi connectivity index (χ2n) is 7.58. The Labute approximate surface area is 159 Å². The van der Waals surface area contributed by atoms with Crippen LogP contribution in [-0.4, -0.2) is 29.5 Å². The van der Waals surface area contributed by atoms with Gasteiger partial charge in [-0.3, -0.25) is 4.90 Å². The number of H-pyrrole nitrogens is 1. The lowest BCUT2D eigenvalue weighted by Crippen LogP contribution is -2.31. The number of rotatable bonds is 4. The van der Waals surface area contributed by atoms with Crippen LogP contribution >= 0.6 is 0 Å². The molecule has 0 saturated heterocycles. The minimum absolute atomic E-state index is 0.455. The van der Waals surface area contributed by atoms with Crippen LogP contribution in [0, 0.1) is 0 Å². The second kappa shape index (κ2) is 6.75. The fourth-order valence-corrected chi connectivity index (χ4v) is 4.32. The Balaban J connectivity index is 1.31. The maximum atomic E-state index is 5.73. The van der Waals surface area contributed by atoms with Crippen molar-refractivity contribution >= 4 is 27.4 Å². The summed E-state index contributed by atoms with van der Waals surface area (Å²) in [5, 5.41) is 2.58. The van der Waals surface area contributed by atoms with Crippen molar-refractivity contribution in [2.75, 3.05) is 19.6 Å². The monoisotopic (exact) mass is 356 g/mol. The summed E-state index contributed by atoms with van der Waals surface area (Å²) in [5.41, 5.74) is 6.34. The Morgan fingerprint density at radius 3 is 2.74 bits per heavy atom. The van der Waals surface area contributed by atoms with Crippen molar-refractivity contribution in [2.45, 2.75) is 19.3 Å². The van der Waals surface area contributed by atoms with E-state index in [2.05, 4.69) is 65.5 Å². The molecule has 0 aliphatic carbocycles. The summed E-state index contributed by atoms with van der Waals surface area (Å²) < 4.78 is 5.73. The van der Waals surface area contributed by atoms with E-state index >= 15 is 0 Å². The molecule has 5 rings (SSSR count). The van der Waals surface area contributed by atoms with E-state index in [-0.39, 0.29) is 0 Å². The lowest BCUT2D eigenvalue weighted by Gasteiger charge is -2.28. The van der Waals surface area contributed by atoms with Gasteiger partial charge in [0.05, 0.1) is 6.26 Å². The summed E-state index contributed by atoms with van der Waals surface area (Å²) in [7, 11) is 0. The van der Waals surface area contributed by atoms with Gasteiger partial charge in [0.1, 0.15) is 5.58 Å². The van der Waals surface area contributed by atoms with Crippen LogP contribution in [0.1, 0.15) is 30.4 Å². The Bertz CT molecular complexity index is 1120. The summed E-state index contributed by atoms with van der Waals surface area (Å²) in [5.74, 6) is 0.455. The topological polar surface area (TPSA) is 32.2 Å². The average Bonchev–Trinajstić information content (AvgIpc) is 3.33. The molecule has 3 heterocycles. The molecule has 3 heteroatoms. The van der Waals surface area contributed by atoms with Crippen molar-refractivity contribution in [3.63, 3.8) is 0 Å². The highest BCUT2D eigenvalue weighted by Gasteiger charge is 2.19. The third-order valence-electron chi connectivity index (χ3n) is 5.80. The van der Waals surface area contributed by atoms with Gasteiger partial charge in [-0.05, 0) is 30.0 Å². The number of aromatic amines is 1. The van der Waals surface area contributed by atoms with Gasteiger partial charge in [-0.2, -0.15) is 0 Å². The molecule has 4 aromatic rings. The fourth-order valence-electron chi connectivity index (χ4n) is 4.32. The molecule has 0 fully saturated rings. The third kappa shape index (κ3) is 2.98. The van der Waals surface area contributed by atoms with Gasteiger partial charge in [0.15, 0.2) is 0 Å². The largest absolute Gasteiger partial charge is 0.464 e.